The lowest BCUT2D eigenvalue weighted by atomic mass is 9.93. The van der Waals surface area contributed by atoms with Gasteiger partial charge in [0, 0.05) is 30.2 Å². The molecular formula is C34H45FN4O2S. The number of hydrogen-bond donors (Lipinski definition) is 1. The third-order valence-corrected chi connectivity index (χ3v) is 9.05. The summed E-state index contributed by atoms with van der Waals surface area (Å²) in [6, 6.07) is 14.2. The predicted molar refractivity (Wildman–Crippen MR) is 171 cm³/mol. The Bertz CT molecular complexity index is 1310. The molecule has 1 aliphatic rings. The average Bonchev–Trinajstić information content (AvgIpc) is 3.63. The topological polar surface area (TPSA) is 55.9 Å². The minimum Gasteiger partial charge on any atom is -0.332 e. The van der Waals surface area contributed by atoms with E-state index in [-0.39, 0.29) is 36.1 Å². The van der Waals surface area contributed by atoms with Crippen LogP contribution in [0.4, 0.5) is 14.9 Å². The minimum atomic E-state index is -0.307. The van der Waals surface area contributed by atoms with Gasteiger partial charge in [0.05, 0.1) is 6.54 Å². The number of halogens is 1. The van der Waals surface area contributed by atoms with Crippen LogP contribution in [0.2, 0.25) is 0 Å². The molecule has 0 aliphatic carbocycles. The molecule has 0 radical (unpaired) electrons. The van der Waals surface area contributed by atoms with Crippen molar-refractivity contribution < 1.29 is 14.0 Å². The van der Waals surface area contributed by atoms with Gasteiger partial charge in [0.15, 0.2) is 0 Å². The molecule has 0 unspecified atom stereocenters. The van der Waals surface area contributed by atoms with Gasteiger partial charge in [-0.15, -0.1) is 11.3 Å². The first-order valence-electron chi connectivity index (χ1n) is 15.1. The fraction of sp³-hybridized carbons (Fsp3) is 0.471. The standard InChI is InChI=1S/C34H45FN4O2S/c1-24(2)29-9-8-10-30(25(3)4)33(29)36-34(41)38(19-18-37-16-6-7-17-37)23-32(40)39(22-31-26(5)15-20-42-31)21-27-11-13-28(35)14-12-27/h8-15,20,24-25H,6-7,16-19,21-23H2,1-5H3,(H,36,41). The van der Waals surface area contributed by atoms with Gasteiger partial charge in [0.2, 0.25) is 5.91 Å². The molecule has 1 fully saturated rings. The van der Waals surface area contributed by atoms with Crippen molar-refractivity contribution in [3.8, 4) is 0 Å². The largest absolute Gasteiger partial charge is 0.332 e. The molecule has 4 rings (SSSR count). The van der Waals surface area contributed by atoms with Crippen LogP contribution in [0.25, 0.3) is 0 Å². The highest BCUT2D eigenvalue weighted by Crippen LogP contribution is 2.32. The van der Waals surface area contributed by atoms with E-state index in [2.05, 4.69) is 62.2 Å². The van der Waals surface area contributed by atoms with Crippen molar-refractivity contribution in [3.63, 3.8) is 0 Å². The van der Waals surface area contributed by atoms with Gasteiger partial charge in [-0.25, -0.2) is 9.18 Å². The number of amides is 3. The summed E-state index contributed by atoms with van der Waals surface area (Å²) < 4.78 is 13.6. The van der Waals surface area contributed by atoms with Crippen molar-refractivity contribution in [1.82, 2.24) is 14.7 Å². The Morgan fingerprint density at radius 3 is 2.14 bits per heavy atom. The maximum absolute atomic E-state index is 14.0. The zero-order valence-corrected chi connectivity index (χ0v) is 26.5. The summed E-state index contributed by atoms with van der Waals surface area (Å²) >= 11 is 1.62. The van der Waals surface area contributed by atoms with Crippen molar-refractivity contribution in [3.05, 3.63) is 86.9 Å². The second kappa shape index (κ2) is 14.8. The van der Waals surface area contributed by atoms with Crippen molar-refractivity contribution in [2.75, 3.05) is 38.0 Å². The molecule has 1 N–H and O–H groups in total. The lowest BCUT2D eigenvalue weighted by Gasteiger charge is -2.30. The summed E-state index contributed by atoms with van der Waals surface area (Å²) in [7, 11) is 0. The normalized spacial score (nSPS) is 13.6. The first kappa shape index (κ1) is 31.7. The maximum Gasteiger partial charge on any atom is 0.322 e. The Labute approximate surface area is 254 Å². The summed E-state index contributed by atoms with van der Waals surface area (Å²) in [6.45, 7) is 14.5. The van der Waals surface area contributed by atoms with Crippen molar-refractivity contribution in [2.45, 2.75) is 72.4 Å². The predicted octanol–water partition coefficient (Wildman–Crippen LogP) is 7.60. The molecule has 1 aliphatic heterocycles. The number of anilines is 1. The van der Waals surface area contributed by atoms with E-state index in [9.17, 15) is 14.0 Å². The van der Waals surface area contributed by atoms with Gasteiger partial charge >= 0.3 is 6.03 Å². The van der Waals surface area contributed by atoms with E-state index in [1.54, 1.807) is 33.3 Å². The number of benzene rings is 2. The number of hydrogen-bond acceptors (Lipinski definition) is 4. The molecule has 0 bridgehead atoms. The fourth-order valence-electron chi connectivity index (χ4n) is 5.45. The van der Waals surface area contributed by atoms with Crippen molar-refractivity contribution in [1.29, 1.82) is 0 Å². The zero-order chi connectivity index (χ0) is 30.2. The second-order valence-corrected chi connectivity index (χ2v) is 12.9. The molecule has 8 heteroatoms. The summed E-state index contributed by atoms with van der Waals surface area (Å²) in [6.07, 6.45) is 2.33. The monoisotopic (exact) mass is 592 g/mol. The molecule has 1 saturated heterocycles. The van der Waals surface area contributed by atoms with Gasteiger partial charge in [-0.05, 0) is 90.5 Å². The van der Waals surface area contributed by atoms with Gasteiger partial charge in [0.25, 0.3) is 0 Å². The number of urea groups is 1. The van der Waals surface area contributed by atoms with Crippen LogP contribution in [0, 0.1) is 12.7 Å². The van der Waals surface area contributed by atoms with Crippen LogP contribution in [0.5, 0.6) is 0 Å². The van der Waals surface area contributed by atoms with Gasteiger partial charge in [-0.1, -0.05) is 58.0 Å². The average molecular weight is 593 g/mol. The highest BCUT2D eigenvalue weighted by molar-refractivity contribution is 7.10. The first-order valence-corrected chi connectivity index (χ1v) is 16.0. The van der Waals surface area contributed by atoms with E-state index in [0.717, 1.165) is 65.3 Å². The second-order valence-electron chi connectivity index (χ2n) is 11.9. The highest BCUT2D eigenvalue weighted by atomic mass is 32.1. The van der Waals surface area contributed by atoms with E-state index in [1.807, 2.05) is 12.3 Å². The molecule has 2 heterocycles. The SMILES string of the molecule is Cc1ccsc1CN(Cc1ccc(F)cc1)C(=O)CN(CCN1CCCC1)C(=O)Nc1c(C(C)C)cccc1C(C)C. The molecular weight excluding hydrogens is 547 g/mol. The first-order chi connectivity index (χ1) is 20.1. The van der Waals surface area contributed by atoms with E-state index < -0.39 is 0 Å². The number of carbonyl (C=O) groups excluding carboxylic acids is 2. The third kappa shape index (κ3) is 8.42. The lowest BCUT2D eigenvalue weighted by molar-refractivity contribution is -0.133. The van der Waals surface area contributed by atoms with Crippen LogP contribution in [0.1, 0.15) is 79.5 Å². The van der Waals surface area contributed by atoms with Crippen LogP contribution < -0.4 is 5.32 Å². The molecule has 0 spiro atoms. The van der Waals surface area contributed by atoms with Crippen LogP contribution in [0.15, 0.2) is 53.9 Å². The molecule has 2 aromatic carbocycles. The number of aryl methyl sites for hydroxylation is 1. The number of nitrogens with one attached hydrogen (secondary N) is 1. The minimum absolute atomic E-state index is 0.0356. The van der Waals surface area contributed by atoms with Gasteiger partial charge < -0.3 is 20.0 Å². The van der Waals surface area contributed by atoms with E-state index >= 15 is 0 Å². The molecule has 6 nitrogen and oxygen atoms in total. The fourth-order valence-corrected chi connectivity index (χ4v) is 6.37. The van der Waals surface area contributed by atoms with Crippen molar-refractivity contribution in [2.24, 2.45) is 0 Å². The number of para-hydroxylation sites is 1. The number of carbonyl (C=O) groups is 2. The number of likely N-dealkylation sites (tertiary alicyclic amines) is 1. The van der Waals surface area contributed by atoms with Crippen LogP contribution in [0.3, 0.4) is 0 Å². The Kier molecular flexibility index (Phi) is 11.2. The third-order valence-electron chi connectivity index (χ3n) is 8.05. The Morgan fingerprint density at radius 2 is 1.57 bits per heavy atom. The molecule has 1 aromatic heterocycles. The Morgan fingerprint density at radius 1 is 0.929 bits per heavy atom. The molecule has 226 valence electrons. The van der Waals surface area contributed by atoms with Crippen LogP contribution in [-0.2, 0) is 17.9 Å². The summed E-state index contributed by atoms with van der Waals surface area (Å²) in [5.74, 6) is 0.0284. The number of rotatable bonds is 12. The molecule has 3 amide bonds. The van der Waals surface area contributed by atoms with Crippen molar-refractivity contribution >= 4 is 29.0 Å². The smallest absolute Gasteiger partial charge is 0.322 e. The quantitative estimate of drug-likeness (QED) is 0.236. The van der Waals surface area contributed by atoms with Gasteiger partial charge in [0.1, 0.15) is 12.4 Å². The van der Waals surface area contributed by atoms with Gasteiger partial charge in [-0.3, -0.25) is 4.79 Å². The Hall–Kier alpha value is -3.23. The van der Waals surface area contributed by atoms with E-state index in [1.165, 1.54) is 12.1 Å². The molecule has 3 aromatic rings. The van der Waals surface area contributed by atoms with Crippen LogP contribution in [-0.4, -0.2) is 59.4 Å². The Balaban J connectivity index is 1.59. The van der Waals surface area contributed by atoms with E-state index in [4.69, 9.17) is 0 Å². The van der Waals surface area contributed by atoms with Crippen LogP contribution >= 0.6 is 11.3 Å². The zero-order valence-electron chi connectivity index (χ0n) is 25.7. The maximum atomic E-state index is 14.0. The summed E-state index contributed by atoms with van der Waals surface area (Å²) in [5, 5.41) is 5.26. The van der Waals surface area contributed by atoms with Gasteiger partial charge in [-0.2, -0.15) is 0 Å². The summed E-state index contributed by atoms with van der Waals surface area (Å²) in [5.41, 5.74) is 5.01. The number of nitrogens with zero attached hydrogens (tertiary/aromatic N) is 3. The number of thiophene rings is 1. The highest BCUT2D eigenvalue weighted by Gasteiger charge is 2.26. The lowest BCUT2D eigenvalue weighted by Crippen LogP contribution is -2.46. The molecule has 42 heavy (non-hydrogen) atoms. The molecule has 0 atom stereocenters. The summed E-state index contributed by atoms with van der Waals surface area (Å²) in [4.78, 5) is 34.9. The van der Waals surface area contributed by atoms with E-state index in [0.29, 0.717) is 19.6 Å². The molecule has 0 saturated carbocycles.